The number of carbonyl (C=O) groups is 1. The van der Waals surface area contributed by atoms with Crippen molar-refractivity contribution in [3.63, 3.8) is 0 Å². The zero-order valence-corrected chi connectivity index (χ0v) is 13.8. The lowest BCUT2D eigenvalue weighted by atomic mass is 9.95. The molecule has 1 aromatic carbocycles. The Kier molecular flexibility index (Phi) is 5.31. The van der Waals surface area contributed by atoms with E-state index in [0.29, 0.717) is 11.2 Å². The molecule has 0 unspecified atom stereocenters. The number of phenolic OH excluding ortho intramolecular Hbond substituents is 1. The number of halogens is 2. The summed E-state index contributed by atoms with van der Waals surface area (Å²) in [4.78, 5) is 14.4. The Morgan fingerprint density at radius 3 is 2.68 bits per heavy atom. The Bertz CT molecular complexity index is 715. The summed E-state index contributed by atoms with van der Waals surface area (Å²) in [6.45, 7) is -2.12. The molecule has 134 valence electrons. The van der Waals surface area contributed by atoms with Gasteiger partial charge in [-0.3, -0.25) is 4.79 Å². The lowest BCUT2D eigenvalue weighted by Gasteiger charge is -2.35. The molecule has 1 atom stereocenters. The summed E-state index contributed by atoms with van der Waals surface area (Å²) < 4.78 is 25.8. The van der Waals surface area contributed by atoms with Gasteiger partial charge in [-0.25, -0.2) is 4.68 Å². The molecule has 0 aliphatic carbocycles. The quantitative estimate of drug-likeness (QED) is 0.897. The Hall–Kier alpha value is -2.44. The molecule has 0 bridgehead atoms. The predicted molar refractivity (Wildman–Crippen MR) is 88.6 cm³/mol. The van der Waals surface area contributed by atoms with Crippen LogP contribution in [0.1, 0.15) is 48.3 Å². The predicted octanol–water partition coefficient (Wildman–Crippen LogP) is 3.61. The van der Waals surface area contributed by atoms with Crippen molar-refractivity contribution in [2.75, 3.05) is 6.54 Å². The summed E-state index contributed by atoms with van der Waals surface area (Å²) in [5, 5.41) is 13.0. The molecule has 0 spiro atoms. The van der Waals surface area contributed by atoms with Crippen LogP contribution < -0.4 is 0 Å². The van der Waals surface area contributed by atoms with Gasteiger partial charge >= 0.3 is 6.55 Å². The number of nitrogens with zero attached hydrogens (tertiary/aromatic N) is 3. The highest BCUT2D eigenvalue weighted by molar-refractivity contribution is 5.92. The van der Waals surface area contributed by atoms with E-state index in [1.165, 1.54) is 6.07 Å². The third-order valence-corrected chi connectivity index (χ3v) is 4.62. The van der Waals surface area contributed by atoms with Gasteiger partial charge < -0.3 is 10.0 Å². The van der Waals surface area contributed by atoms with E-state index in [4.69, 9.17) is 0 Å². The summed E-state index contributed by atoms with van der Waals surface area (Å²) in [6.07, 6.45) is 5.59. The number of hydrogen-bond donors (Lipinski definition) is 1. The fourth-order valence-corrected chi connectivity index (χ4v) is 3.27. The van der Waals surface area contributed by atoms with Crippen LogP contribution in [-0.2, 0) is 6.42 Å². The van der Waals surface area contributed by atoms with Gasteiger partial charge in [-0.1, -0.05) is 12.1 Å². The van der Waals surface area contributed by atoms with E-state index in [9.17, 15) is 18.7 Å². The topological polar surface area (TPSA) is 58.4 Å². The Balaban J connectivity index is 1.67. The second kappa shape index (κ2) is 7.63. The first-order chi connectivity index (χ1) is 12.0. The van der Waals surface area contributed by atoms with Crippen LogP contribution in [0.15, 0.2) is 36.5 Å². The number of phenols is 1. The van der Waals surface area contributed by atoms with E-state index in [1.54, 1.807) is 17.0 Å². The minimum atomic E-state index is -2.74. The molecule has 1 aromatic heterocycles. The van der Waals surface area contributed by atoms with E-state index >= 15 is 0 Å². The van der Waals surface area contributed by atoms with Gasteiger partial charge in [0.15, 0.2) is 5.69 Å². The van der Waals surface area contributed by atoms with Gasteiger partial charge in [-0.05, 0) is 55.9 Å². The number of benzene rings is 1. The highest BCUT2D eigenvalue weighted by Crippen LogP contribution is 2.24. The number of aromatic hydroxyl groups is 1. The molecule has 0 radical (unpaired) electrons. The van der Waals surface area contributed by atoms with E-state index in [-0.39, 0.29) is 23.4 Å². The van der Waals surface area contributed by atoms with Crippen LogP contribution in [0.4, 0.5) is 8.78 Å². The van der Waals surface area contributed by atoms with Crippen LogP contribution in [0.5, 0.6) is 5.75 Å². The summed E-state index contributed by atoms with van der Waals surface area (Å²) in [7, 11) is 0. The van der Waals surface area contributed by atoms with Crippen LogP contribution in [0.3, 0.4) is 0 Å². The number of piperidine rings is 1. The number of aromatic nitrogens is 2. The minimum Gasteiger partial charge on any atom is -0.508 e. The molecular weight excluding hydrogens is 328 g/mol. The number of hydrogen-bond acceptors (Lipinski definition) is 3. The van der Waals surface area contributed by atoms with Crippen molar-refractivity contribution in [3.8, 4) is 5.75 Å². The van der Waals surface area contributed by atoms with Gasteiger partial charge in [-0.2, -0.15) is 13.9 Å². The Morgan fingerprint density at radius 1 is 1.24 bits per heavy atom. The maximum atomic E-state index is 12.7. The van der Waals surface area contributed by atoms with Crippen LogP contribution in [0.25, 0.3) is 0 Å². The van der Waals surface area contributed by atoms with Crippen LogP contribution in [0.2, 0.25) is 0 Å². The van der Waals surface area contributed by atoms with Crippen molar-refractivity contribution in [3.05, 3.63) is 47.8 Å². The van der Waals surface area contributed by atoms with Crippen molar-refractivity contribution in [1.82, 2.24) is 14.7 Å². The summed E-state index contributed by atoms with van der Waals surface area (Å²) in [5.74, 6) is -0.0531. The Morgan fingerprint density at radius 2 is 2.00 bits per heavy atom. The maximum absolute atomic E-state index is 12.7. The number of rotatable bonds is 5. The molecular formula is C18H21F2N3O2. The van der Waals surface area contributed by atoms with Crippen LogP contribution in [-0.4, -0.2) is 38.3 Å². The van der Waals surface area contributed by atoms with E-state index in [1.807, 2.05) is 12.1 Å². The molecule has 1 fully saturated rings. The molecule has 1 saturated heterocycles. The molecule has 2 heterocycles. The van der Waals surface area contributed by atoms with Crippen molar-refractivity contribution < 1.29 is 18.7 Å². The van der Waals surface area contributed by atoms with Crippen LogP contribution in [0, 0.1) is 0 Å². The fraction of sp³-hybridized carbons (Fsp3) is 0.444. The monoisotopic (exact) mass is 349 g/mol. The van der Waals surface area contributed by atoms with Crippen molar-refractivity contribution in [1.29, 1.82) is 0 Å². The zero-order chi connectivity index (χ0) is 17.8. The maximum Gasteiger partial charge on any atom is 0.333 e. The summed E-state index contributed by atoms with van der Waals surface area (Å²) in [6, 6.07) is 8.46. The van der Waals surface area contributed by atoms with Gasteiger partial charge in [-0.15, -0.1) is 0 Å². The number of carbonyl (C=O) groups excluding carboxylic acids is 1. The lowest BCUT2D eigenvalue weighted by molar-refractivity contribution is 0.0524. The SMILES string of the molecule is O=C(c1ccn(C(F)F)n1)N1CCCC[C@H]1CCc1ccc(O)cc1. The highest BCUT2D eigenvalue weighted by atomic mass is 19.3. The van der Waals surface area contributed by atoms with Gasteiger partial charge in [0, 0.05) is 18.8 Å². The number of amides is 1. The largest absolute Gasteiger partial charge is 0.508 e. The highest BCUT2D eigenvalue weighted by Gasteiger charge is 2.28. The normalized spacial score (nSPS) is 17.9. The van der Waals surface area contributed by atoms with Gasteiger partial charge in [0.05, 0.1) is 0 Å². The number of aryl methyl sites for hydroxylation is 1. The second-order valence-corrected chi connectivity index (χ2v) is 6.31. The second-order valence-electron chi connectivity index (χ2n) is 6.31. The molecule has 1 aliphatic heterocycles. The molecule has 2 aromatic rings. The molecule has 3 rings (SSSR count). The van der Waals surface area contributed by atoms with Crippen molar-refractivity contribution in [2.24, 2.45) is 0 Å². The van der Waals surface area contributed by atoms with E-state index in [2.05, 4.69) is 5.10 Å². The molecule has 0 saturated carbocycles. The first-order valence-electron chi connectivity index (χ1n) is 8.47. The molecule has 5 nitrogen and oxygen atoms in total. The molecule has 7 heteroatoms. The van der Waals surface area contributed by atoms with Crippen LogP contribution >= 0.6 is 0 Å². The molecule has 1 N–H and O–H groups in total. The van der Waals surface area contributed by atoms with Gasteiger partial charge in [0.2, 0.25) is 0 Å². The Labute approximate surface area is 144 Å². The molecule has 1 aliphatic rings. The number of alkyl halides is 2. The van der Waals surface area contributed by atoms with Crippen molar-refractivity contribution >= 4 is 5.91 Å². The number of likely N-dealkylation sites (tertiary alicyclic amines) is 1. The summed E-state index contributed by atoms with van der Waals surface area (Å²) >= 11 is 0. The van der Waals surface area contributed by atoms with Gasteiger partial charge in [0.1, 0.15) is 5.75 Å². The third kappa shape index (κ3) is 4.15. The van der Waals surface area contributed by atoms with E-state index in [0.717, 1.165) is 43.9 Å². The first-order valence-corrected chi connectivity index (χ1v) is 8.47. The van der Waals surface area contributed by atoms with Gasteiger partial charge in [0.25, 0.3) is 5.91 Å². The average molecular weight is 349 g/mol. The lowest BCUT2D eigenvalue weighted by Crippen LogP contribution is -2.44. The molecule has 1 amide bonds. The van der Waals surface area contributed by atoms with Crippen molar-refractivity contribution in [2.45, 2.75) is 44.7 Å². The minimum absolute atomic E-state index is 0.0665. The third-order valence-electron chi connectivity index (χ3n) is 4.62. The zero-order valence-electron chi connectivity index (χ0n) is 13.8. The fourth-order valence-electron chi connectivity index (χ4n) is 3.27. The standard InChI is InChI=1S/C18H21F2N3O2/c19-18(20)23-12-10-16(21-23)17(25)22-11-2-1-3-14(22)7-4-13-5-8-15(24)9-6-13/h5-6,8-10,12,14,18,24H,1-4,7,11H2/t14-/m0/s1. The summed E-state index contributed by atoms with van der Waals surface area (Å²) in [5.41, 5.74) is 1.16. The average Bonchev–Trinajstić information content (AvgIpc) is 3.11. The van der Waals surface area contributed by atoms with E-state index < -0.39 is 6.55 Å². The first kappa shape index (κ1) is 17.4. The molecule has 25 heavy (non-hydrogen) atoms. The smallest absolute Gasteiger partial charge is 0.333 e.